The van der Waals surface area contributed by atoms with E-state index in [0.717, 1.165) is 17.8 Å². The van der Waals surface area contributed by atoms with E-state index in [4.69, 9.17) is 5.11 Å². The Morgan fingerprint density at radius 3 is 2.74 bits per heavy atom. The third-order valence-corrected chi connectivity index (χ3v) is 3.31. The van der Waals surface area contributed by atoms with Crippen LogP contribution < -0.4 is 0 Å². The Morgan fingerprint density at radius 2 is 2.16 bits per heavy atom. The molecule has 2 aromatic heterocycles. The molecule has 100 valence electrons. The number of pyridine rings is 1. The lowest BCUT2D eigenvalue weighted by Gasteiger charge is -2.07. The first-order valence-electron chi connectivity index (χ1n) is 6.24. The van der Waals surface area contributed by atoms with Gasteiger partial charge in [0.1, 0.15) is 0 Å². The molecule has 5 heteroatoms. The number of carboxylic acid groups (broad SMARTS) is 1. The minimum atomic E-state index is -0.958. The molecule has 0 aromatic carbocycles. The molecule has 0 atom stereocenters. The van der Waals surface area contributed by atoms with Gasteiger partial charge in [0, 0.05) is 11.9 Å². The maximum absolute atomic E-state index is 11.2. The molecule has 0 unspecified atom stereocenters. The monoisotopic (exact) mass is 259 g/mol. The molecule has 0 amide bonds. The molecule has 0 radical (unpaired) electrons. The SMILES string of the molecule is CCc1c(C)nn(Cc2ncccc2C(=O)O)c1C. The normalized spacial score (nSPS) is 10.7. The van der Waals surface area contributed by atoms with Gasteiger partial charge < -0.3 is 5.11 Å². The van der Waals surface area contributed by atoms with Crippen molar-refractivity contribution in [3.63, 3.8) is 0 Å². The van der Waals surface area contributed by atoms with E-state index in [1.807, 2.05) is 18.5 Å². The van der Waals surface area contributed by atoms with E-state index in [-0.39, 0.29) is 5.56 Å². The van der Waals surface area contributed by atoms with Crippen molar-refractivity contribution in [2.75, 3.05) is 0 Å². The van der Waals surface area contributed by atoms with Crippen LogP contribution in [0.25, 0.3) is 0 Å². The van der Waals surface area contributed by atoms with Gasteiger partial charge in [-0.3, -0.25) is 9.67 Å². The molecule has 0 bridgehead atoms. The number of carboxylic acids is 1. The zero-order chi connectivity index (χ0) is 14.0. The fourth-order valence-corrected chi connectivity index (χ4v) is 2.30. The lowest BCUT2D eigenvalue weighted by atomic mass is 10.1. The second-order valence-electron chi connectivity index (χ2n) is 4.46. The number of aryl methyl sites for hydroxylation is 1. The highest BCUT2D eigenvalue weighted by molar-refractivity contribution is 5.88. The number of rotatable bonds is 4. The Balaban J connectivity index is 2.39. The largest absolute Gasteiger partial charge is 0.478 e. The second kappa shape index (κ2) is 5.22. The van der Waals surface area contributed by atoms with Gasteiger partial charge in [0.2, 0.25) is 0 Å². The molecule has 0 aliphatic rings. The number of carbonyl (C=O) groups is 1. The highest BCUT2D eigenvalue weighted by Crippen LogP contribution is 2.16. The van der Waals surface area contributed by atoms with Crippen LogP contribution in [0.5, 0.6) is 0 Å². The first kappa shape index (κ1) is 13.3. The molecule has 0 saturated carbocycles. The van der Waals surface area contributed by atoms with Crippen LogP contribution in [0.3, 0.4) is 0 Å². The fraction of sp³-hybridized carbons (Fsp3) is 0.357. The third-order valence-electron chi connectivity index (χ3n) is 3.31. The maximum atomic E-state index is 11.2. The predicted molar refractivity (Wildman–Crippen MR) is 71.4 cm³/mol. The molecular weight excluding hydrogens is 242 g/mol. The zero-order valence-electron chi connectivity index (χ0n) is 11.3. The van der Waals surface area contributed by atoms with Crippen molar-refractivity contribution in [3.05, 3.63) is 46.5 Å². The molecule has 2 aromatic rings. The van der Waals surface area contributed by atoms with E-state index < -0.39 is 5.97 Å². The summed E-state index contributed by atoms with van der Waals surface area (Å²) in [5.74, 6) is -0.958. The lowest BCUT2D eigenvalue weighted by Crippen LogP contribution is -2.11. The Hall–Kier alpha value is -2.17. The summed E-state index contributed by atoms with van der Waals surface area (Å²) in [6, 6.07) is 3.20. The van der Waals surface area contributed by atoms with Gasteiger partial charge in [-0.2, -0.15) is 5.10 Å². The Morgan fingerprint density at radius 1 is 1.42 bits per heavy atom. The summed E-state index contributed by atoms with van der Waals surface area (Å²) in [5.41, 5.74) is 4.04. The van der Waals surface area contributed by atoms with Crippen molar-refractivity contribution in [2.24, 2.45) is 0 Å². The van der Waals surface area contributed by atoms with Crippen LogP contribution in [-0.2, 0) is 13.0 Å². The zero-order valence-corrected chi connectivity index (χ0v) is 11.3. The van der Waals surface area contributed by atoms with Crippen LogP contribution in [0.2, 0.25) is 0 Å². The summed E-state index contributed by atoms with van der Waals surface area (Å²) in [6.45, 7) is 6.45. The van der Waals surface area contributed by atoms with Crippen molar-refractivity contribution in [2.45, 2.75) is 33.7 Å². The Kier molecular flexibility index (Phi) is 3.64. The summed E-state index contributed by atoms with van der Waals surface area (Å²) in [7, 11) is 0. The molecule has 2 rings (SSSR count). The highest BCUT2D eigenvalue weighted by Gasteiger charge is 2.14. The quantitative estimate of drug-likeness (QED) is 0.914. The van der Waals surface area contributed by atoms with Gasteiger partial charge in [0.15, 0.2) is 0 Å². The first-order valence-corrected chi connectivity index (χ1v) is 6.24. The minimum absolute atomic E-state index is 0.230. The molecule has 2 heterocycles. The number of aromatic carboxylic acids is 1. The summed E-state index contributed by atoms with van der Waals surface area (Å²) in [5, 5.41) is 13.6. The molecule has 0 saturated heterocycles. The summed E-state index contributed by atoms with van der Waals surface area (Å²) >= 11 is 0. The van der Waals surface area contributed by atoms with Crippen molar-refractivity contribution in [1.29, 1.82) is 0 Å². The van der Waals surface area contributed by atoms with E-state index in [0.29, 0.717) is 12.2 Å². The molecule has 0 aliphatic heterocycles. The van der Waals surface area contributed by atoms with Gasteiger partial charge in [0.25, 0.3) is 0 Å². The van der Waals surface area contributed by atoms with E-state index in [9.17, 15) is 4.79 Å². The number of nitrogens with zero attached hydrogens (tertiary/aromatic N) is 3. The number of aromatic nitrogens is 3. The van der Waals surface area contributed by atoms with Gasteiger partial charge in [-0.05, 0) is 38.0 Å². The van der Waals surface area contributed by atoms with E-state index in [1.54, 1.807) is 18.3 Å². The smallest absolute Gasteiger partial charge is 0.337 e. The topological polar surface area (TPSA) is 68.0 Å². The van der Waals surface area contributed by atoms with E-state index in [2.05, 4.69) is 17.0 Å². The van der Waals surface area contributed by atoms with Gasteiger partial charge in [-0.25, -0.2) is 4.79 Å². The molecule has 19 heavy (non-hydrogen) atoms. The standard InChI is InChI=1S/C14H17N3O2/c1-4-11-9(2)16-17(10(11)3)8-13-12(14(18)19)6-5-7-15-13/h5-7H,4,8H2,1-3H3,(H,18,19). The Labute approximate surface area is 111 Å². The lowest BCUT2D eigenvalue weighted by molar-refractivity contribution is 0.0695. The molecular formula is C14H17N3O2. The van der Waals surface area contributed by atoms with Gasteiger partial charge in [-0.15, -0.1) is 0 Å². The molecule has 1 N–H and O–H groups in total. The van der Waals surface area contributed by atoms with Crippen LogP contribution >= 0.6 is 0 Å². The Bertz CT molecular complexity index is 617. The van der Waals surface area contributed by atoms with Crippen LogP contribution in [0.4, 0.5) is 0 Å². The van der Waals surface area contributed by atoms with Crippen LogP contribution in [0, 0.1) is 13.8 Å². The number of hydrogen-bond donors (Lipinski definition) is 1. The predicted octanol–water partition coefficient (Wildman–Crippen LogP) is 2.20. The summed E-state index contributed by atoms with van der Waals surface area (Å²) < 4.78 is 1.82. The van der Waals surface area contributed by atoms with Crippen molar-refractivity contribution in [1.82, 2.24) is 14.8 Å². The molecule has 0 spiro atoms. The summed E-state index contributed by atoms with van der Waals surface area (Å²) in [6.07, 6.45) is 2.53. The fourth-order valence-electron chi connectivity index (χ4n) is 2.30. The molecule has 0 fully saturated rings. The second-order valence-corrected chi connectivity index (χ2v) is 4.46. The highest BCUT2D eigenvalue weighted by atomic mass is 16.4. The molecule has 0 aliphatic carbocycles. The van der Waals surface area contributed by atoms with Crippen LogP contribution in [-0.4, -0.2) is 25.8 Å². The average Bonchev–Trinajstić information content (AvgIpc) is 2.64. The van der Waals surface area contributed by atoms with E-state index in [1.165, 1.54) is 5.56 Å². The van der Waals surface area contributed by atoms with Crippen LogP contribution in [0.15, 0.2) is 18.3 Å². The summed E-state index contributed by atoms with van der Waals surface area (Å²) in [4.78, 5) is 15.3. The van der Waals surface area contributed by atoms with Crippen molar-refractivity contribution in [3.8, 4) is 0 Å². The maximum Gasteiger partial charge on any atom is 0.337 e. The minimum Gasteiger partial charge on any atom is -0.478 e. The first-order chi connectivity index (χ1) is 9.04. The van der Waals surface area contributed by atoms with Gasteiger partial charge >= 0.3 is 5.97 Å². The van der Waals surface area contributed by atoms with Gasteiger partial charge in [0.05, 0.1) is 23.5 Å². The van der Waals surface area contributed by atoms with Gasteiger partial charge in [-0.1, -0.05) is 6.92 Å². The van der Waals surface area contributed by atoms with Crippen LogP contribution in [0.1, 0.15) is 39.9 Å². The van der Waals surface area contributed by atoms with Crippen molar-refractivity contribution >= 4 is 5.97 Å². The average molecular weight is 259 g/mol. The van der Waals surface area contributed by atoms with Crippen molar-refractivity contribution < 1.29 is 9.90 Å². The number of hydrogen-bond acceptors (Lipinski definition) is 3. The third kappa shape index (κ3) is 2.50. The van der Waals surface area contributed by atoms with E-state index >= 15 is 0 Å². The molecule has 5 nitrogen and oxygen atoms in total.